The topological polar surface area (TPSA) is 71.0 Å². The Morgan fingerprint density at radius 1 is 1.07 bits per heavy atom. The maximum Gasteiger partial charge on any atom is 0.262 e. The molecular formula is C23H18N4O2S. The molecule has 4 aliphatic heterocycles. The Kier molecular flexibility index (Phi) is 3.09. The second kappa shape index (κ2) is 5.55. The maximum atomic E-state index is 13.7. The van der Waals surface area contributed by atoms with Gasteiger partial charge >= 0.3 is 0 Å². The number of carbonyl (C=O) groups excluding carboxylic acids is 1. The summed E-state index contributed by atoms with van der Waals surface area (Å²) in [5, 5.41) is 1.70. The van der Waals surface area contributed by atoms with Gasteiger partial charge in [-0.05, 0) is 23.8 Å². The van der Waals surface area contributed by atoms with Gasteiger partial charge in [0, 0.05) is 35.4 Å². The van der Waals surface area contributed by atoms with Gasteiger partial charge in [0.25, 0.3) is 5.56 Å². The van der Waals surface area contributed by atoms with Crippen LogP contribution in [0, 0.1) is 0 Å². The molecule has 148 valence electrons. The van der Waals surface area contributed by atoms with E-state index in [1.807, 2.05) is 47.0 Å². The van der Waals surface area contributed by atoms with Crippen LogP contribution in [0.15, 0.2) is 53.3 Å². The molecule has 0 aliphatic carbocycles. The molecule has 0 saturated carbocycles. The van der Waals surface area contributed by atoms with Crippen molar-refractivity contribution in [2.45, 2.75) is 18.0 Å². The van der Waals surface area contributed by atoms with Crippen LogP contribution < -0.4 is 5.56 Å². The second-order valence-electron chi connectivity index (χ2n) is 8.27. The molecule has 1 amide bonds. The summed E-state index contributed by atoms with van der Waals surface area (Å²) in [5.74, 6) is 2.33. The lowest BCUT2D eigenvalue weighted by molar-refractivity contribution is -0.142. The van der Waals surface area contributed by atoms with Gasteiger partial charge < -0.3 is 9.88 Å². The zero-order chi connectivity index (χ0) is 20.0. The van der Waals surface area contributed by atoms with E-state index in [9.17, 15) is 9.59 Å². The zero-order valence-electron chi connectivity index (χ0n) is 16.1. The van der Waals surface area contributed by atoms with E-state index in [2.05, 4.69) is 17.1 Å². The Morgan fingerprint density at radius 3 is 2.77 bits per heavy atom. The number of rotatable bonds is 0. The fourth-order valence-corrected chi connectivity index (χ4v) is 6.78. The smallest absolute Gasteiger partial charge is 0.262 e. The molecule has 4 aliphatic rings. The molecule has 6 heterocycles. The van der Waals surface area contributed by atoms with Crippen LogP contribution in [0.4, 0.5) is 0 Å². The normalized spacial score (nSPS) is 24.6. The molecule has 2 atom stereocenters. The Morgan fingerprint density at radius 2 is 1.87 bits per heavy atom. The molecule has 2 bridgehead atoms. The first kappa shape index (κ1) is 16.7. The van der Waals surface area contributed by atoms with Gasteiger partial charge in [-0.15, -0.1) is 0 Å². The number of thioether (sulfide) groups is 1. The lowest BCUT2D eigenvalue weighted by Gasteiger charge is -2.49. The van der Waals surface area contributed by atoms with E-state index < -0.39 is 11.6 Å². The Labute approximate surface area is 175 Å². The lowest BCUT2D eigenvalue weighted by atomic mass is 9.90. The average molecular weight is 414 g/mol. The number of carbonyl (C=O) groups is 1. The number of aromatic nitrogens is 3. The third kappa shape index (κ3) is 1.81. The first-order valence-corrected chi connectivity index (χ1v) is 11.4. The third-order valence-electron chi connectivity index (χ3n) is 6.90. The summed E-state index contributed by atoms with van der Waals surface area (Å²) in [7, 11) is 0. The highest BCUT2D eigenvalue weighted by molar-refractivity contribution is 7.99. The monoisotopic (exact) mass is 414 g/mol. The maximum absolute atomic E-state index is 13.7. The van der Waals surface area contributed by atoms with Crippen LogP contribution in [0.1, 0.15) is 23.1 Å². The fraction of sp³-hybridized carbons (Fsp3) is 0.261. The number of amides is 1. The molecule has 1 N–H and O–H groups in total. The molecule has 8 rings (SSSR count). The third-order valence-corrected chi connectivity index (χ3v) is 7.99. The van der Waals surface area contributed by atoms with E-state index in [4.69, 9.17) is 4.98 Å². The Bertz CT molecular complexity index is 1450. The molecular weight excluding hydrogens is 396 g/mol. The molecule has 1 saturated heterocycles. The van der Waals surface area contributed by atoms with Gasteiger partial charge in [0.1, 0.15) is 11.9 Å². The number of nitrogens with zero attached hydrogens (tertiary/aromatic N) is 3. The lowest BCUT2D eigenvalue weighted by Crippen LogP contribution is -2.62. The fourth-order valence-electron chi connectivity index (χ4n) is 5.60. The molecule has 0 unspecified atom stereocenters. The van der Waals surface area contributed by atoms with E-state index >= 15 is 0 Å². The number of H-pyrrole nitrogens is 1. The highest BCUT2D eigenvalue weighted by Gasteiger charge is 2.58. The molecule has 2 aromatic heterocycles. The Hall–Kier alpha value is -3.06. The van der Waals surface area contributed by atoms with Crippen LogP contribution in [-0.2, 0) is 16.8 Å². The summed E-state index contributed by atoms with van der Waals surface area (Å²) in [6.07, 6.45) is 0.508. The molecule has 1 fully saturated rings. The SMILES string of the molecule is O=C1[C@@H]2Cc3c([nH]c4ccccc34)[C@@]3(CSCCN13)c1nc3ccccc3c(=O)n12. The summed E-state index contributed by atoms with van der Waals surface area (Å²) in [6.45, 7) is 0.664. The van der Waals surface area contributed by atoms with Gasteiger partial charge in [0.05, 0.1) is 16.6 Å². The molecule has 0 radical (unpaired) electrons. The number of aromatic amines is 1. The van der Waals surface area contributed by atoms with Crippen LogP contribution >= 0.6 is 11.8 Å². The quantitative estimate of drug-likeness (QED) is 0.480. The van der Waals surface area contributed by atoms with E-state index in [-0.39, 0.29) is 11.5 Å². The standard InChI is InChI=1S/C23H18N4O2S/c28-20-14-6-2-4-8-17(14)25-22-23-12-30-10-9-26(23)21(29)18(27(20)22)11-15-13-5-1-3-7-16(13)24-19(15)23/h1-8,18,24H,9-12H2/t18-,23-/m0/s1. The van der Waals surface area contributed by atoms with Crippen molar-refractivity contribution in [3.05, 3.63) is 76.0 Å². The molecule has 2 aromatic carbocycles. The predicted molar refractivity (Wildman–Crippen MR) is 117 cm³/mol. The van der Waals surface area contributed by atoms with Crippen molar-refractivity contribution < 1.29 is 4.79 Å². The van der Waals surface area contributed by atoms with Crippen LogP contribution in [0.25, 0.3) is 21.8 Å². The minimum absolute atomic E-state index is 0.0377. The molecule has 6 nitrogen and oxygen atoms in total. The first-order chi connectivity index (χ1) is 14.7. The molecule has 4 aromatic rings. The van der Waals surface area contributed by atoms with Crippen LogP contribution in [0.2, 0.25) is 0 Å². The van der Waals surface area contributed by atoms with Gasteiger partial charge in [-0.25, -0.2) is 4.98 Å². The van der Waals surface area contributed by atoms with E-state index in [1.54, 1.807) is 10.6 Å². The first-order valence-electron chi connectivity index (χ1n) is 10.2. The summed E-state index contributed by atoms with van der Waals surface area (Å²) in [4.78, 5) is 38.0. The van der Waals surface area contributed by atoms with Crippen LogP contribution in [0.3, 0.4) is 0 Å². The zero-order valence-corrected chi connectivity index (χ0v) is 16.9. The second-order valence-corrected chi connectivity index (χ2v) is 9.38. The van der Waals surface area contributed by atoms with Gasteiger partial charge in [0.2, 0.25) is 5.91 Å². The van der Waals surface area contributed by atoms with Gasteiger partial charge in [-0.1, -0.05) is 30.3 Å². The van der Waals surface area contributed by atoms with Crippen molar-refractivity contribution in [3.8, 4) is 0 Å². The summed E-state index contributed by atoms with van der Waals surface area (Å²) in [5.41, 5.74) is 3.07. The van der Waals surface area contributed by atoms with Crippen LogP contribution in [-0.4, -0.2) is 43.4 Å². The van der Waals surface area contributed by atoms with Gasteiger partial charge in [-0.3, -0.25) is 14.2 Å². The minimum atomic E-state index is -0.745. The van der Waals surface area contributed by atoms with E-state index in [0.29, 0.717) is 35.4 Å². The number of hydrogen-bond acceptors (Lipinski definition) is 4. The van der Waals surface area contributed by atoms with E-state index in [0.717, 1.165) is 27.9 Å². The van der Waals surface area contributed by atoms with Crippen LogP contribution in [0.5, 0.6) is 0 Å². The number of hydrogen-bond donors (Lipinski definition) is 1. The summed E-state index contributed by atoms with van der Waals surface area (Å²) >= 11 is 1.82. The van der Waals surface area contributed by atoms with Gasteiger partial charge in [0.15, 0.2) is 5.54 Å². The molecule has 1 spiro atoms. The molecule has 7 heteroatoms. The van der Waals surface area contributed by atoms with Crippen molar-refractivity contribution in [1.82, 2.24) is 19.4 Å². The molecule has 30 heavy (non-hydrogen) atoms. The summed E-state index contributed by atoms with van der Waals surface area (Å²) < 4.78 is 1.70. The van der Waals surface area contributed by atoms with Crippen molar-refractivity contribution >= 4 is 39.5 Å². The number of benzene rings is 2. The largest absolute Gasteiger partial charge is 0.356 e. The average Bonchev–Trinajstić information content (AvgIpc) is 3.06. The van der Waals surface area contributed by atoms with Crippen molar-refractivity contribution in [2.24, 2.45) is 0 Å². The Balaban J connectivity index is 1.68. The number of para-hydroxylation sites is 2. The van der Waals surface area contributed by atoms with Crippen molar-refractivity contribution in [2.75, 3.05) is 18.1 Å². The highest BCUT2D eigenvalue weighted by Crippen LogP contribution is 2.51. The van der Waals surface area contributed by atoms with Gasteiger partial charge in [-0.2, -0.15) is 11.8 Å². The van der Waals surface area contributed by atoms with E-state index in [1.165, 1.54) is 0 Å². The number of nitrogens with one attached hydrogen (secondary N) is 1. The highest BCUT2D eigenvalue weighted by atomic mass is 32.2. The predicted octanol–water partition coefficient (Wildman–Crippen LogP) is 2.81. The van der Waals surface area contributed by atoms with Crippen molar-refractivity contribution in [3.63, 3.8) is 0 Å². The summed E-state index contributed by atoms with van der Waals surface area (Å²) in [6, 6.07) is 15.1. The van der Waals surface area contributed by atoms with Crippen molar-refractivity contribution in [1.29, 1.82) is 0 Å². The number of fused-ring (bicyclic) bond motifs is 2. The minimum Gasteiger partial charge on any atom is -0.356 e.